The third-order valence-corrected chi connectivity index (χ3v) is 5.18. The first kappa shape index (κ1) is 22.6. The van der Waals surface area contributed by atoms with Gasteiger partial charge in [-0.2, -0.15) is 0 Å². The Balaban J connectivity index is 2.07. The van der Waals surface area contributed by atoms with E-state index in [9.17, 15) is 9.59 Å². The fourth-order valence-corrected chi connectivity index (χ4v) is 3.43. The molecule has 0 saturated carbocycles. The molecule has 0 aliphatic carbocycles. The van der Waals surface area contributed by atoms with Crippen molar-refractivity contribution in [2.75, 3.05) is 45.8 Å². The molecule has 3 amide bonds. The van der Waals surface area contributed by atoms with Crippen LogP contribution in [0.4, 0.5) is 10.5 Å². The van der Waals surface area contributed by atoms with E-state index < -0.39 is 0 Å². The van der Waals surface area contributed by atoms with Crippen LogP contribution in [0.2, 0.25) is 0 Å². The van der Waals surface area contributed by atoms with Gasteiger partial charge in [0, 0.05) is 37.8 Å². The van der Waals surface area contributed by atoms with E-state index >= 15 is 0 Å². The molecule has 29 heavy (non-hydrogen) atoms. The van der Waals surface area contributed by atoms with Crippen LogP contribution in [0.5, 0.6) is 5.75 Å². The van der Waals surface area contributed by atoms with E-state index in [0.717, 1.165) is 0 Å². The maximum atomic E-state index is 12.7. The third-order valence-electron chi connectivity index (χ3n) is 4.34. The third kappa shape index (κ3) is 6.43. The molecule has 0 aliphatic heterocycles. The summed E-state index contributed by atoms with van der Waals surface area (Å²) in [5.41, 5.74) is 1.07. The van der Waals surface area contributed by atoms with Crippen LogP contribution >= 0.6 is 11.3 Å². The Bertz CT molecular complexity index is 790. The second-order valence-corrected chi connectivity index (χ2v) is 7.12. The van der Waals surface area contributed by atoms with Gasteiger partial charge in [-0.15, -0.1) is 11.3 Å². The fraction of sp³-hybridized carbons (Fsp3) is 0.450. The molecule has 1 N–H and O–H groups in total. The lowest BCUT2D eigenvalue weighted by atomic mass is 10.3. The van der Waals surface area contributed by atoms with Crippen LogP contribution in [-0.4, -0.2) is 67.2 Å². The Morgan fingerprint density at radius 1 is 1.10 bits per heavy atom. The average Bonchev–Trinajstić information content (AvgIpc) is 3.21. The maximum Gasteiger partial charge on any atom is 0.322 e. The molecule has 0 saturated heterocycles. The highest BCUT2D eigenvalue weighted by Crippen LogP contribution is 2.18. The predicted molar refractivity (Wildman–Crippen MR) is 114 cm³/mol. The lowest BCUT2D eigenvalue weighted by molar-refractivity contribution is 0.0767. The number of nitrogens with one attached hydrogen (secondary N) is 1. The minimum Gasteiger partial charge on any atom is -0.497 e. The first-order valence-corrected chi connectivity index (χ1v) is 10.3. The second-order valence-electron chi connectivity index (χ2n) is 6.18. The van der Waals surface area contributed by atoms with Crippen LogP contribution in [0, 0.1) is 0 Å². The van der Waals surface area contributed by atoms with Crippen molar-refractivity contribution in [2.24, 2.45) is 0 Å². The molecular weight excluding hydrogens is 392 g/mol. The number of thiazole rings is 1. The summed E-state index contributed by atoms with van der Waals surface area (Å²) in [6, 6.07) is 6.84. The molecule has 8 nitrogen and oxygen atoms in total. The normalized spacial score (nSPS) is 10.5. The number of hydrogen-bond acceptors (Lipinski definition) is 6. The van der Waals surface area contributed by atoms with E-state index in [-0.39, 0.29) is 11.9 Å². The van der Waals surface area contributed by atoms with Crippen molar-refractivity contribution in [3.05, 3.63) is 40.3 Å². The van der Waals surface area contributed by atoms with E-state index in [2.05, 4.69) is 10.3 Å². The number of anilines is 1. The number of rotatable bonds is 10. The summed E-state index contributed by atoms with van der Waals surface area (Å²) in [5, 5.41) is 5.30. The number of hydrogen-bond donors (Lipinski definition) is 1. The number of nitrogens with zero attached hydrogens (tertiary/aromatic N) is 3. The van der Waals surface area contributed by atoms with Gasteiger partial charge in [0.2, 0.25) is 0 Å². The number of ether oxygens (including phenoxy) is 2. The van der Waals surface area contributed by atoms with Crippen molar-refractivity contribution < 1.29 is 19.1 Å². The quantitative estimate of drug-likeness (QED) is 0.637. The topological polar surface area (TPSA) is 84.0 Å². The Labute approximate surface area is 175 Å². The minimum absolute atomic E-state index is 0.0939. The Hall–Kier alpha value is -2.65. The average molecular weight is 421 g/mol. The summed E-state index contributed by atoms with van der Waals surface area (Å²) in [6.07, 6.45) is 0. The summed E-state index contributed by atoms with van der Waals surface area (Å²) in [5.74, 6) is 0.621. The van der Waals surface area contributed by atoms with Gasteiger partial charge in [-0.3, -0.25) is 4.79 Å². The zero-order valence-corrected chi connectivity index (χ0v) is 18.1. The number of amides is 3. The van der Waals surface area contributed by atoms with Crippen molar-refractivity contribution in [2.45, 2.75) is 20.4 Å². The molecule has 1 aromatic carbocycles. The van der Waals surface area contributed by atoms with Crippen molar-refractivity contribution in [3.63, 3.8) is 0 Å². The second kappa shape index (κ2) is 11.4. The van der Waals surface area contributed by atoms with Gasteiger partial charge in [0.05, 0.1) is 20.3 Å². The van der Waals surface area contributed by atoms with E-state index in [1.165, 1.54) is 11.3 Å². The monoisotopic (exact) mass is 420 g/mol. The first-order chi connectivity index (χ1) is 14.0. The van der Waals surface area contributed by atoms with Gasteiger partial charge in [-0.05, 0) is 38.1 Å². The number of benzene rings is 1. The molecule has 9 heteroatoms. The van der Waals surface area contributed by atoms with Crippen LogP contribution < -0.4 is 10.1 Å². The highest BCUT2D eigenvalue weighted by atomic mass is 32.1. The summed E-state index contributed by atoms with van der Waals surface area (Å²) >= 11 is 1.37. The molecule has 0 aliphatic rings. The van der Waals surface area contributed by atoms with Crippen molar-refractivity contribution in [1.29, 1.82) is 0 Å². The molecule has 1 heterocycles. The number of urea groups is 1. The van der Waals surface area contributed by atoms with Crippen LogP contribution in [-0.2, 0) is 11.3 Å². The van der Waals surface area contributed by atoms with Gasteiger partial charge in [0.15, 0.2) is 0 Å². The van der Waals surface area contributed by atoms with Crippen molar-refractivity contribution in [1.82, 2.24) is 14.8 Å². The van der Waals surface area contributed by atoms with Gasteiger partial charge >= 0.3 is 6.03 Å². The molecule has 2 aromatic rings. The molecule has 0 bridgehead atoms. The summed E-state index contributed by atoms with van der Waals surface area (Å²) < 4.78 is 10.3. The zero-order chi connectivity index (χ0) is 21.2. The standard InChI is InChI=1S/C20H28N4O4S/c1-5-23(6-2)19(25)17-14-29-18(22-17)13-24(11-12-27-3)20(26)21-15-7-9-16(28-4)10-8-15/h7-10,14H,5-6,11-13H2,1-4H3,(H,21,26). The van der Waals surface area contributed by atoms with Crippen LogP contribution in [0.15, 0.2) is 29.6 Å². The lowest BCUT2D eigenvalue weighted by Gasteiger charge is -2.22. The molecule has 0 spiro atoms. The molecule has 2 rings (SSSR count). The van der Waals surface area contributed by atoms with Crippen molar-refractivity contribution in [3.8, 4) is 5.75 Å². The SMILES string of the molecule is CCN(CC)C(=O)c1csc(CN(CCOC)C(=O)Nc2ccc(OC)cc2)n1. The smallest absolute Gasteiger partial charge is 0.322 e. The molecule has 0 radical (unpaired) electrons. The minimum atomic E-state index is -0.265. The highest BCUT2D eigenvalue weighted by molar-refractivity contribution is 7.09. The van der Waals surface area contributed by atoms with E-state index in [4.69, 9.17) is 9.47 Å². The predicted octanol–water partition coefficient (Wildman–Crippen LogP) is 3.31. The van der Waals surface area contributed by atoms with Crippen LogP contribution in [0.3, 0.4) is 0 Å². The van der Waals surface area contributed by atoms with Gasteiger partial charge in [0.1, 0.15) is 16.5 Å². The van der Waals surface area contributed by atoms with Gasteiger partial charge < -0.3 is 24.6 Å². The molecular formula is C20H28N4O4S. The maximum absolute atomic E-state index is 12.7. The highest BCUT2D eigenvalue weighted by Gasteiger charge is 2.19. The Morgan fingerprint density at radius 3 is 2.38 bits per heavy atom. The fourth-order valence-electron chi connectivity index (χ4n) is 2.65. The summed E-state index contributed by atoms with van der Waals surface area (Å²) in [7, 11) is 3.18. The van der Waals surface area contributed by atoms with Crippen molar-refractivity contribution >= 4 is 29.0 Å². The van der Waals surface area contributed by atoms with Gasteiger partial charge in [-0.1, -0.05) is 0 Å². The molecule has 0 unspecified atom stereocenters. The van der Waals surface area contributed by atoms with Gasteiger partial charge in [-0.25, -0.2) is 9.78 Å². The molecule has 0 fully saturated rings. The van der Waals surface area contributed by atoms with E-state index in [1.807, 2.05) is 13.8 Å². The molecule has 1 aromatic heterocycles. The van der Waals surface area contributed by atoms with Crippen LogP contribution in [0.25, 0.3) is 0 Å². The number of carbonyl (C=O) groups excluding carboxylic acids is 2. The van der Waals surface area contributed by atoms with E-state index in [1.54, 1.807) is 53.7 Å². The largest absolute Gasteiger partial charge is 0.497 e. The zero-order valence-electron chi connectivity index (χ0n) is 17.3. The van der Waals surface area contributed by atoms with Gasteiger partial charge in [0.25, 0.3) is 5.91 Å². The summed E-state index contributed by atoms with van der Waals surface area (Å²) in [6.45, 7) is 6.22. The first-order valence-electron chi connectivity index (χ1n) is 9.44. The summed E-state index contributed by atoms with van der Waals surface area (Å²) in [4.78, 5) is 33.0. The Morgan fingerprint density at radius 2 is 1.79 bits per heavy atom. The number of methoxy groups -OCH3 is 2. The van der Waals surface area contributed by atoms with Crippen LogP contribution in [0.1, 0.15) is 29.3 Å². The molecule has 0 atom stereocenters. The lowest BCUT2D eigenvalue weighted by Crippen LogP contribution is -2.37. The number of carbonyl (C=O) groups is 2. The Kier molecular flexibility index (Phi) is 8.88. The number of aromatic nitrogens is 1. The van der Waals surface area contributed by atoms with E-state index in [0.29, 0.717) is 54.9 Å². The molecule has 158 valence electrons.